The fourth-order valence-electron chi connectivity index (χ4n) is 1.93. The molecule has 0 fully saturated rings. The van der Waals surface area contributed by atoms with Crippen molar-refractivity contribution >= 4 is 0 Å². The van der Waals surface area contributed by atoms with Crippen molar-refractivity contribution in [2.45, 2.75) is 32.7 Å². The lowest BCUT2D eigenvalue weighted by Gasteiger charge is -2.17. The summed E-state index contributed by atoms with van der Waals surface area (Å²) in [6.45, 7) is 7.76. The molecular formula is C16H28N2O3. The minimum Gasteiger partial charge on any atom is -0.475 e. The summed E-state index contributed by atoms with van der Waals surface area (Å²) >= 11 is 0. The van der Waals surface area contributed by atoms with E-state index in [1.54, 1.807) is 13.3 Å². The van der Waals surface area contributed by atoms with Crippen molar-refractivity contribution in [3.05, 3.63) is 23.9 Å². The van der Waals surface area contributed by atoms with Crippen molar-refractivity contribution in [2.75, 3.05) is 40.1 Å². The first-order valence-corrected chi connectivity index (χ1v) is 7.67. The van der Waals surface area contributed by atoms with Crippen LogP contribution in [0, 0.1) is 0 Å². The van der Waals surface area contributed by atoms with Crippen LogP contribution in [0.15, 0.2) is 18.3 Å². The van der Waals surface area contributed by atoms with Gasteiger partial charge in [-0.15, -0.1) is 0 Å². The molecule has 1 heterocycles. The van der Waals surface area contributed by atoms with E-state index < -0.39 is 0 Å². The molecule has 0 aliphatic carbocycles. The standard InChI is InChI=1S/C16H28N2O3/c1-4-8-17-14(2)15-7-5-9-18-16(15)21-13-12-20-11-6-10-19-3/h5,7,9,14,17H,4,6,8,10-13H2,1-3H3. The maximum Gasteiger partial charge on any atom is 0.218 e. The normalized spacial score (nSPS) is 12.3. The largest absolute Gasteiger partial charge is 0.475 e. The van der Waals surface area contributed by atoms with Crippen LogP contribution in [0.25, 0.3) is 0 Å². The van der Waals surface area contributed by atoms with Crippen molar-refractivity contribution in [3.63, 3.8) is 0 Å². The van der Waals surface area contributed by atoms with E-state index >= 15 is 0 Å². The fourth-order valence-corrected chi connectivity index (χ4v) is 1.93. The molecule has 1 unspecified atom stereocenters. The zero-order valence-electron chi connectivity index (χ0n) is 13.4. The molecule has 120 valence electrons. The molecule has 1 aromatic heterocycles. The molecule has 21 heavy (non-hydrogen) atoms. The first-order chi connectivity index (χ1) is 10.3. The second-order valence-corrected chi connectivity index (χ2v) is 4.88. The van der Waals surface area contributed by atoms with Crippen LogP contribution in [0.3, 0.4) is 0 Å². The lowest BCUT2D eigenvalue weighted by molar-refractivity contribution is 0.0791. The van der Waals surface area contributed by atoms with Gasteiger partial charge < -0.3 is 19.5 Å². The Morgan fingerprint density at radius 3 is 2.86 bits per heavy atom. The third-order valence-electron chi connectivity index (χ3n) is 3.07. The zero-order valence-corrected chi connectivity index (χ0v) is 13.4. The van der Waals surface area contributed by atoms with Crippen molar-refractivity contribution in [2.24, 2.45) is 0 Å². The second kappa shape index (κ2) is 11.5. The Labute approximate surface area is 128 Å². The van der Waals surface area contributed by atoms with Crippen LogP contribution in [0.2, 0.25) is 0 Å². The summed E-state index contributed by atoms with van der Waals surface area (Å²) in [5.41, 5.74) is 1.09. The molecular weight excluding hydrogens is 268 g/mol. The quantitative estimate of drug-likeness (QED) is 0.601. The van der Waals surface area contributed by atoms with Crippen LogP contribution < -0.4 is 10.1 Å². The third kappa shape index (κ3) is 7.41. The van der Waals surface area contributed by atoms with Gasteiger partial charge in [0.25, 0.3) is 0 Å². The molecule has 0 radical (unpaired) electrons. The molecule has 0 bridgehead atoms. The third-order valence-corrected chi connectivity index (χ3v) is 3.07. The number of nitrogens with zero attached hydrogens (tertiary/aromatic N) is 1. The molecule has 1 rings (SSSR count). The number of aromatic nitrogens is 1. The van der Waals surface area contributed by atoms with Gasteiger partial charge in [0.2, 0.25) is 5.88 Å². The van der Waals surface area contributed by atoms with Gasteiger partial charge in [-0.05, 0) is 32.4 Å². The van der Waals surface area contributed by atoms with E-state index in [0.717, 1.165) is 31.6 Å². The van der Waals surface area contributed by atoms with Crippen molar-refractivity contribution in [1.29, 1.82) is 0 Å². The molecule has 5 nitrogen and oxygen atoms in total. The van der Waals surface area contributed by atoms with Gasteiger partial charge in [0, 0.05) is 38.1 Å². The van der Waals surface area contributed by atoms with E-state index in [1.807, 2.05) is 6.07 Å². The molecule has 0 amide bonds. The highest BCUT2D eigenvalue weighted by Crippen LogP contribution is 2.22. The number of pyridine rings is 1. The highest BCUT2D eigenvalue weighted by atomic mass is 16.5. The van der Waals surface area contributed by atoms with Crippen LogP contribution >= 0.6 is 0 Å². The molecule has 5 heteroatoms. The maximum absolute atomic E-state index is 5.74. The molecule has 1 atom stereocenters. The van der Waals surface area contributed by atoms with Crippen molar-refractivity contribution in [3.8, 4) is 5.88 Å². The number of methoxy groups -OCH3 is 1. The SMILES string of the molecule is CCCNC(C)c1cccnc1OCCOCCCOC. The van der Waals surface area contributed by atoms with Gasteiger partial charge in [-0.2, -0.15) is 0 Å². The molecule has 1 N–H and O–H groups in total. The van der Waals surface area contributed by atoms with E-state index in [4.69, 9.17) is 14.2 Å². The number of hydrogen-bond donors (Lipinski definition) is 1. The van der Waals surface area contributed by atoms with Crippen molar-refractivity contribution < 1.29 is 14.2 Å². The first kappa shape index (κ1) is 17.9. The smallest absolute Gasteiger partial charge is 0.218 e. The summed E-state index contributed by atoms with van der Waals surface area (Å²) in [6, 6.07) is 4.22. The Morgan fingerprint density at radius 2 is 2.10 bits per heavy atom. The van der Waals surface area contributed by atoms with Crippen molar-refractivity contribution in [1.82, 2.24) is 10.3 Å². The van der Waals surface area contributed by atoms with E-state index in [9.17, 15) is 0 Å². The molecule has 0 saturated carbocycles. The molecule has 0 spiro atoms. The Hall–Kier alpha value is -1.17. The Kier molecular flexibility index (Phi) is 9.78. The monoisotopic (exact) mass is 296 g/mol. The van der Waals surface area contributed by atoms with Crippen LogP contribution in [0.5, 0.6) is 5.88 Å². The minimum absolute atomic E-state index is 0.233. The average molecular weight is 296 g/mol. The van der Waals surface area contributed by atoms with E-state index in [-0.39, 0.29) is 6.04 Å². The van der Waals surface area contributed by atoms with Crippen LogP contribution in [0.1, 0.15) is 38.3 Å². The topological polar surface area (TPSA) is 52.6 Å². The predicted molar refractivity (Wildman–Crippen MR) is 83.8 cm³/mol. The lowest BCUT2D eigenvalue weighted by atomic mass is 10.1. The molecule has 0 saturated heterocycles. The Morgan fingerprint density at radius 1 is 1.24 bits per heavy atom. The highest BCUT2D eigenvalue weighted by molar-refractivity contribution is 5.28. The van der Waals surface area contributed by atoms with Gasteiger partial charge in [-0.3, -0.25) is 0 Å². The van der Waals surface area contributed by atoms with Crippen LogP contribution in [-0.2, 0) is 9.47 Å². The fraction of sp³-hybridized carbons (Fsp3) is 0.688. The van der Waals surface area contributed by atoms with Gasteiger partial charge in [0.15, 0.2) is 0 Å². The van der Waals surface area contributed by atoms with Gasteiger partial charge in [0.05, 0.1) is 6.61 Å². The second-order valence-electron chi connectivity index (χ2n) is 4.88. The molecule has 0 aliphatic rings. The Balaban J connectivity index is 2.33. The van der Waals surface area contributed by atoms with Gasteiger partial charge >= 0.3 is 0 Å². The van der Waals surface area contributed by atoms with Crippen LogP contribution in [-0.4, -0.2) is 45.1 Å². The van der Waals surface area contributed by atoms with Gasteiger partial charge in [-0.25, -0.2) is 4.98 Å². The summed E-state index contributed by atoms with van der Waals surface area (Å²) < 4.78 is 16.2. The summed E-state index contributed by atoms with van der Waals surface area (Å²) in [4.78, 5) is 4.32. The zero-order chi connectivity index (χ0) is 15.3. The number of rotatable bonds is 12. The van der Waals surface area contributed by atoms with E-state index in [2.05, 4.69) is 30.2 Å². The minimum atomic E-state index is 0.233. The molecule has 1 aromatic rings. The number of hydrogen-bond acceptors (Lipinski definition) is 5. The summed E-state index contributed by atoms with van der Waals surface area (Å²) in [5.74, 6) is 0.689. The summed E-state index contributed by atoms with van der Waals surface area (Å²) in [6.07, 6.45) is 3.77. The molecule has 0 aliphatic heterocycles. The van der Waals surface area contributed by atoms with E-state index in [0.29, 0.717) is 25.7 Å². The van der Waals surface area contributed by atoms with Crippen LogP contribution in [0.4, 0.5) is 0 Å². The lowest BCUT2D eigenvalue weighted by Crippen LogP contribution is -2.20. The van der Waals surface area contributed by atoms with Gasteiger partial charge in [0.1, 0.15) is 6.61 Å². The maximum atomic E-state index is 5.74. The Bertz CT molecular complexity index is 374. The van der Waals surface area contributed by atoms with E-state index in [1.165, 1.54) is 0 Å². The molecule has 0 aromatic carbocycles. The van der Waals surface area contributed by atoms with Gasteiger partial charge in [-0.1, -0.05) is 13.0 Å². The average Bonchev–Trinajstić information content (AvgIpc) is 2.52. The number of nitrogens with one attached hydrogen (secondary N) is 1. The summed E-state index contributed by atoms with van der Waals surface area (Å²) in [5, 5.41) is 3.45. The first-order valence-electron chi connectivity index (χ1n) is 7.67. The number of ether oxygens (including phenoxy) is 3. The summed E-state index contributed by atoms with van der Waals surface area (Å²) in [7, 11) is 1.69. The highest BCUT2D eigenvalue weighted by Gasteiger charge is 2.11. The predicted octanol–water partition coefficient (Wildman–Crippen LogP) is 2.57.